The van der Waals surface area contributed by atoms with E-state index in [0.717, 1.165) is 0 Å². The van der Waals surface area contributed by atoms with Gasteiger partial charge in [-0.2, -0.15) is 5.10 Å². The molecular weight excluding hydrogens is 375 g/mol. The van der Waals surface area contributed by atoms with Crippen LogP contribution >= 0.6 is 0 Å². The molecule has 2 N–H and O–H groups in total. The molecule has 0 aliphatic heterocycles. The molecule has 3 aromatic carbocycles. The summed E-state index contributed by atoms with van der Waals surface area (Å²) in [7, 11) is 1.51. The number of nitrogens with zero attached hydrogens (tertiary/aromatic N) is 1. The second-order valence-corrected chi connectivity index (χ2v) is 6.01. The van der Waals surface area contributed by atoms with Crippen LogP contribution in [0.5, 0.6) is 11.5 Å². The fourth-order valence-corrected chi connectivity index (χ4v) is 2.60. The third-order valence-corrected chi connectivity index (χ3v) is 4.08. The van der Waals surface area contributed by atoms with Gasteiger partial charge in [-0.1, -0.05) is 30.3 Å². The summed E-state index contributed by atoms with van der Waals surface area (Å²) in [6, 6.07) is 18.0. The third-order valence-electron chi connectivity index (χ3n) is 4.08. The molecule has 0 radical (unpaired) electrons. The Hall–Kier alpha value is -3.87. The zero-order chi connectivity index (χ0) is 20.6. The first-order valence-corrected chi connectivity index (χ1v) is 8.74. The Morgan fingerprint density at radius 3 is 2.62 bits per heavy atom. The van der Waals surface area contributed by atoms with Crippen LogP contribution < -0.4 is 14.9 Å². The second-order valence-electron chi connectivity index (χ2n) is 6.01. The van der Waals surface area contributed by atoms with Crippen molar-refractivity contribution in [2.75, 3.05) is 12.5 Å². The van der Waals surface area contributed by atoms with E-state index in [1.807, 2.05) is 0 Å². The predicted octanol–water partition coefficient (Wildman–Crippen LogP) is 4.56. The minimum atomic E-state index is -1.04. The average molecular weight is 394 g/mol. The molecule has 3 aromatic rings. The molecule has 7 heteroatoms. The van der Waals surface area contributed by atoms with E-state index >= 15 is 0 Å². The van der Waals surface area contributed by atoms with Crippen molar-refractivity contribution in [1.29, 1.82) is 0 Å². The van der Waals surface area contributed by atoms with Gasteiger partial charge in [0, 0.05) is 5.56 Å². The first kappa shape index (κ1) is 19.9. The molecule has 0 aromatic heterocycles. The van der Waals surface area contributed by atoms with Crippen LogP contribution in [-0.4, -0.2) is 24.4 Å². The van der Waals surface area contributed by atoms with Gasteiger partial charge >= 0.3 is 5.97 Å². The van der Waals surface area contributed by atoms with Crippen LogP contribution in [0.2, 0.25) is 0 Å². The van der Waals surface area contributed by atoms with Gasteiger partial charge in [-0.15, -0.1) is 0 Å². The highest BCUT2D eigenvalue weighted by molar-refractivity contribution is 5.94. The van der Waals surface area contributed by atoms with Gasteiger partial charge in [0.15, 0.2) is 11.5 Å². The lowest BCUT2D eigenvalue weighted by molar-refractivity contribution is 0.0698. The summed E-state index contributed by atoms with van der Waals surface area (Å²) < 4.78 is 24.7. The highest BCUT2D eigenvalue weighted by atomic mass is 19.1. The number of methoxy groups -OCH3 is 1. The first-order valence-electron chi connectivity index (χ1n) is 8.74. The molecule has 0 saturated heterocycles. The lowest BCUT2D eigenvalue weighted by Crippen LogP contribution is -2.02. The molecule has 0 heterocycles. The molecule has 0 atom stereocenters. The zero-order valence-electron chi connectivity index (χ0n) is 15.6. The van der Waals surface area contributed by atoms with E-state index in [1.165, 1.54) is 25.5 Å². The Morgan fingerprint density at radius 1 is 1.10 bits per heavy atom. The smallest absolute Gasteiger partial charge is 0.337 e. The maximum absolute atomic E-state index is 13.7. The molecule has 0 aliphatic carbocycles. The number of nitrogens with one attached hydrogen (secondary N) is 1. The Bertz CT molecular complexity index is 1040. The number of benzene rings is 3. The van der Waals surface area contributed by atoms with Gasteiger partial charge in [0.25, 0.3) is 0 Å². The number of hydrogen-bond acceptors (Lipinski definition) is 5. The molecule has 0 aliphatic rings. The monoisotopic (exact) mass is 394 g/mol. The normalized spacial score (nSPS) is 10.7. The van der Waals surface area contributed by atoms with Crippen LogP contribution in [0.15, 0.2) is 71.8 Å². The largest absolute Gasteiger partial charge is 0.493 e. The molecule has 0 fully saturated rings. The molecule has 148 valence electrons. The number of hydrazone groups is 1. The standard InChI is InChI=1S/C22H19FN2O4/c1-28-21-12-15(13-24-25-19-9-5-3-7-17(19)22(26)27)10-11-20(21)29-14-16-6-2-4-8-18(16)23/h2-13,25H,14H2,1H3,(H,26,27)/b24-13+. The van der Waals surface area contributed by atoms with E-state index in [4.69, 9.17) is 9.47 Å². The van der Waals surface area contributed by atoms with Crippen molar-refractivity contribution in [2.45, 2.75) is 6.61 Å². The minimum Gasteiger partial charge on any atom is -0.493 e. The number of carboxylic acids is 1. The van der Waals surface area contributed by atoms with Crippen molar-refractivity contribution in [1.82, 2.24) is 0 Å². The van der Waals surface area contributed by atoms with Crippen molar-refractivity contribution in [2.24, 2.45) is 5.10 Å². The van der Waals surface area contributed by atoms with E-state index in [2.05, 4.69) is 10.5 Å². The summed E-state index contributed by atoms with van der Waals surface area (Å²) in [5.74, 6) is -0.433. The minimum absolute atomic E-state index is 0.0734. The fourth-order valence-electron chi connectivity index (χ4n) is 2.60. The summed E-state index contributed by atoms with van der Waals surface area (Å²) in [6.07, 6.45) is 1.53. The Morgan fingerprint density at radius 2 is 1.86 bits per heavy atom. The van der Waals surface area contributed by atoms with Crippen LogP contribution in [-0.2, 0) is 6.61 Å². The van der Waals surface area contributed by atoms with Crippen LogP contribution in [0.3, 0.4) is 0 Å². The van der Waals surface area contributed by atoms with Gasteiger partial charge in [0.2, 0.25) is 0 Å². The molecule has 0 saturated carbocycles. The summed E-state index contributed by atoms with van der Waals surface area (Å²) in [4.78, 5) is 11.2. The van der Waals surface area contributed by atoms with E-state index in [0.29, 0.717) is 28.3 Å². The van der Waals surface area contributed by atoms with Crippen molar-refractivity contribution in [3.05, 3.63) is 89.2 Å². The molecule has 0 amide bonds. The number of halogens is 1. The SMILES string of the molecule is COc1cc(/C=N/Nc2ccccc2C(=O)O)ccc1OCc1ccccc1F. The van der Waals surface area contributed by atoms with Crippen LogP contribution in [0.25, 0.3) is 0 Å². The molecule has 0 bridgehead atoms. The number of anilines is 1. The number of carboxylic acid groups (broad SMARTS) is 1. The molecule has 6 nitrogen and oxygen atoms in total. The van der Waals surface area contributed by atoms with E-state index in [-0.39, 0.29) is 18.0 Å². The van der Waals surface area contributed by atoms with E-state index in [1.54, 1.807) is 54.6 Å². The molecule has 3 rings (SSSR count). The lowest BCUT2D eigenvalue weighted by Gasteiger charge is -2.11. The predicted molar refractivity (Wildman–Crippen MR) is 108 cm³/mol. The third kappa shape index (κ3) is 5.10. The second kappa shape index (κ2) is 9.36. The quantitative estimate of drug-likeness (QED) is 0.433. The van der Waals surface area contributed by atoms with E-state index in [9.17, 15) is 14.3 Å². The van der Waals surface area contributed by atoms with Gasteiger partial charge < -0.3 is 14.6 Å². The van der Waals surface area contributed by atoms with Gasteiger partial charge in [-0.25, -0.2) is 9.18 Å². The topological polar surface area (TPSA) is 80.2 Å². The highest BCUT2D eigenvalue weighted by Crippen LogP contribution is 2.28. The van der Waals surface area contributed by atoms with Crippen molar-refractivity contribution < 1.29 is 23.8 Å². The van der Waals surface area contributed by atoms with Gasteiger partial charge in [-0.3, -0.25) is 5.43 Å². The van der Waals surface area contributed by atoms with Crippen LogP contribution in [0.4, 0.5) is 10.1 Å². The zero-order valence-corrected chi connectivity index (χ0v) is 15.6. The summed E-state index contributed by atoms with van der Waals surface area (Å²) in [5, 5.41) is 13.3. The van der Waals surface area contributed by atoms with Crippen molar-refractivity contribution in [3.63, 3.8) is 0 Å². The van der Waals surface area contributed by atoms with Crippen LogP contribution in [0.1, 0.15) is 21.5 Å². The first-order chi connectivity index (χ1) is 14.1. The molecule has 29 heavy (non-hydrogen) atoms. The Balaban J connectivity index is 1.69. The number of hydrogen-bond donors (Lipinski definition) is 2. The molecular formula is C22H19FN2O4. The Labute approximate surface area is 167 Å². The number of rotatable bonds is 8. The van der Waals surface area contributed by atoms with Crippen molar-refractivity contribution >= 4 is 17.9 Å². The van der Waals surface area contributed by atoms with Gasteiger partial charge in [-0.05, 0) is 42.0 Å². The summed E-state index contributed by atoms with van der Waals surface area (Å²) in [6.45, 7) is 0.0734. The number of carbonyl (C=O) groups is 1. The van der Waals surface area contributed by atoms with E-state index < -0.39 is 5.97 Å². The number of para-hydroxylation sites is 1. The Kier molecular flexibility index (Phi) is 6.42. The van der Waals surface area contributed by atoms with Crippen LogP contribution in [0, 0.1) is 5.82 Å². The maximum atomic E-state index is 13.7. The van der Waals surface area contributed by atoms with Gasteiger partial charge in [0.1, 0.15) is 12.4 Å². The molecule has 0 spiro atoms. The maximum Gasteiger partial charge on any atom is 0.337 e. The highest BCUT2D eigenvalue weighted by Gasteiger charge is 2.09. The van der Waals surface area contributed by atoms with Gasteiger partial charge in [0.05, 0.1) is 24.6 Å². The lowest BCUT2D eigenvalue weighted by atomic mass is 10.2. The summed E-state index contributed by atoms with van der Waals surface area (Å²) >= 11 is 0. The number of ether oxygens (including phenoxy) is 2. The molecule has 0 unspecified atom stereocenters. The summed E-state index contributed by atoms with van der Waals surface area (Å²) in [5.41, 5.74) is 4.38. The fraction of sp³-hybridized carbons (Fsp3) is 0.0909. The van der Waals surface area contributed by atoms with Crippen molar-refractivity contribution in [3.8, 4) is 11.5 Å². The number of aromatic carboxylic acids is 1. The average Bonchev–Trinajstić information content (AvgIpc) is 2.74.